The van der Waals surface area contributed by atoms with Gasteiger partial charge in [-0.3, -0.25) is 0 Å². The molecule has 7 nitrogen and oxygen atoms in total. The maximum absolute atomic E-state index is 13.2. The zero-order valence-corrected chi connectivity index (χ0v) is 20.0. The molecule has 2 fully saturated rings. The zero-order chi connectivity index (χ0) is 26.6. The molecule has 0 atom stereocenters. The van der Waals surface area contributed by atoms with Crippen LogP contribution >= 0.6 is 0 Å². The largest absolute Gasteiger partial charge is 0.416 e. The minimum atomic E-state index is -4.63. The number of hydrogen-bond donors (Lipinski definition) is 0. The summed E-state index contributed by atoms with van der Waals surface area (Å²) < 4.78 is 137. The fraction of sp³-hybridized carbons (Fsp3) is 0.429. The summed E-state index contributed by atoms with van der Waals surface area (Å²) in [6, 6.07) is 6.08. The van der Waals surface area contributed by atoms with Gasteiger partial charge in [-0.2, -0.15) is 35.0 Å². The molecule has 36 heavy (non-hydrogen) atoms. The van der Waals surface area contributed by atoms with Crippen molar-refractivity contribution >= 4 is 20.0 Å². The van der Waals surface area contributed by atoms with Crippen LogP contribution in [0.2, 0.25) is 0 Å². The number of benzene rings is 2. The molecule has 15 heteroatoms. The van der Waals surface area contributed by atoms with Gasteiger partial charge in [-0.05, 0) is 48.5 Å². The quantitative estimate of drug-likeness (QED) is 0.532. The fourth-order valence-corrected chi connectivity index (χ4v) is 7.48. The lowest BCUT2D eigenvalue weighted by molar-refractivity contribution is -0.138. The molecule has 0 bridgehead atoms. The molecule has 0 amide bonds. The van der Waals surface area contributed by atoms with Crippen LogP contribution in [0, 0.1) is 0 Å². The number of alkyl halides is 6. The van der Waals surface area contributed by atoms with Gasteiger partial charge in [0.15, 0.2) is 0 Å². The van der Waals surface area contributed by atoms with E-state index in [1.54, 1.807) is 0 Å². The van der Waals surface area contributed by atoms with E-state index in [0.717, 1.165) is 32.9 Å². The molecule has 0 saturated carbocycles. The van der Waals surface area contributed by atoms with Crippen molar-refractivity contribution in [1.82, 2.24) is 8.61 Å². The Hall–Kier alpha value is -2.20. The molecule has 2 heterocycles. The lowest BCUT2D eigenvalue weighted by atomic mass is 10.0. The smallest absolute Gasteiger partial charge is 0.358 e. The number of ether oxygens (including phenoxy) is 1. The van der Waals surface area contributed by atoms with Crippen molar-refractivity contribution in [3.63, 3.8) is 0 Å². The highest BCUT2D eigenvalue weighted by Gasteiger charge is 2.52. The van der Waals surface area contributed by atoms with E-state index >= 15 is 0 Å². The van der Waals surface area contributed by atoms with Gasteiger partial charge in [0.1, 0.15) is 5.72 Å². The van der Waals surface area contributed by atoms with E-state index in [4.69, 9.17) is 4.74 Å². The van der Waals surface area contributed by atoms with Crippen molar-refractivity contribution in [3.05, 3.63) is 59.7 Å². The van der Waals surface area contributed by atoms with Crippen molar-refractivity contribution in [2.45, 2.75) is 40.7 Å². The first-order valence-electron chi connectivity index (χ1n) is 10.6. The highest BCUT2D eigenvalue weighted by Crippen LogP contribution is 2.40. The summed E-state index contributed by atoms with van der Waals surface area (Å²) in [5.41, 5.74) is -3.40. The van der Waals surface area contributed by atoms with Crippen LogP contribution in [0.4, 0.5) is 26.3 Å². The van der Waals surface area contributed by atoms with Gasteiger partial charge in [-0.1, -0.05) is 0 Å². The summed E-state index contributed by atoms with van der Waals surface area (Å²) in [6.07, 6.45) is -9.41. The van der Waals surface area contributed by atoms with E-state index < -0.39 is 49.3 Å². The second-order valence-electron chi connectivity index (χ2n) is 8.32. The Morgan fingerprint density at radius 3 is 1.50 bits per heavy atom. The predicted molar refractivity (Wildman–Crippen MR) is 113 cm³/mol. The van der Waals surface area contributed by atoms with Crippen LogP contribution in [-0.4, -0.2) is 57.4 Å². The van der Waals surface area contributed by atoms with Crippen molar-refractivity contribution in [1.29, 1.82) is 0 Å². The fourth-order valence-electron chi connectivity index (χ4n) is 4.31. The molecule has 198 valence electrons. The third kappa shape index (κ3) is 4.86. The molecule has 2 saturated heterocycles. The topological polar surface area (TPSA) is 84.0 Å². The third-order valence-corrected chi connectivity index (χ3v) is 10.1. The van der Waals surface area contributed by atoms with Crippen LogP contribution in [0.1, 0.15) is 24.0 Å². The molecular weight excluding hydrogens is 538 g/mol. The summed E-state index contributed by atoms with van der Waals surface area (Å²) in [4.78, 5) is -0.701. The van der Waals surface area contributed by atoms with Gasteiger partial charge in [0, 0.05) is 32.5 Å². The van der Waals surface area contributed by atoms with Crippen LogP contribution in [0.3, 0.4) is 0 Å². The zero-order valence-electron chi connectivity index (χ0n) is 18.4. The van der Waals surface area contributed by atoms with Crippen LogP contribution < -0.4 is 0 Å². The second-order valence-corrected chi connectivity index (χ2v) is 12.1. The normalized spacial score (nSPS) is 20.2. The molecule has 0 radical (unpaired) electrons. The maximum atomic E-state index is 13.2. The first kappa shape index (κ1) is 26.9. The average Bonchev–Trinajstić information content (AvgIpc) is 3.22. The highest BCUT2D eigenvalue weighted by atomic mass is 32.2. The number of rotatable bonds is 4. The first-order valence-corrected chi connectivity index (χ1v) is 13.5. The average molecular weight is 559 g/mol. The molecule has 2 aromatic carbocycles. The molecule has 2 aliphatic heterocycles. The Morgan fingerprint density at radius 1 is 0.667 bits per heavy atom. The summed E-state index contributed by atoms with van der Waals surface area (Å²) in [6.45, 7) is -0.425. The van der Waals surface area contributed by atoms with Crippen LogP contribution in [0.25, 0.3) is 0 Å². The Kier molecular flexibility index (Phi) is 6.69. The molecule has 0 aromatic heterocycles. The number of hydrogen-bond acceptors (Lipinski definition) is 5. The summed E-state index contributed by atoms with van der Waals surface area (Å²) in [5, 5.41) is 0. The summed E-state index contributed by atoms with van der Waals surface area (Å²) in [5.74, 6) is 0. The van der Waals surface area contributed by atoms with E-state index in [2.05, 4.69) is 0 Å². The van der Waals surface area contributed by atoms with E-state index in [0.29, 0.717) is 24.3 Å². The van der Waals surface area contributed by atoms with Crippen LogP contribution in [-0.2, 0) is 37.1 Å². The van der Waals surface area contributed by atoms with Crippen LogP contribution in [0.5, 0.6) is 0 Å². The lowest BCUT2D eigenvalue weighted by Gasteiger charge is -2.42. The minimum Gasteiger partial charge on any atom is -0.358 e. The molecule has 2 aliphatic rings. The molecular formula is C21H20F6N2O5S2. The molecule has 2 aromatic rings. The standard InChI is InChI=1S/C21H20F6N2O5S2/c22-20(23,24)15-1-5-17(6-2-15)35(30,31)28-11-9-19(10-12-28)29(13-14-34-19)36(32,33)18-7-3-16(4-8-18)21(25,26)27/h1-8H,9-14H2. The van der Waals surface area contributed by atoms with Crippen molar-refractivity contribution < 1.29 is 47.9 Å². The predicted octanol–water partition coefficient (Wildman–Crippen LogP) is 3.93. The Morgan fingerprint density at radius 2 is 1.08 bits per heavy atom. The van der Waals surface area contributed by atoms with E-state index in [9.17, 15) is 43.2 Å². The first-order chi connectivity index (χ1) is 16.6. The Bertz CT molecular complexity index is 1320. The second kappa shape index (κ2) is 8.97. The monoisotopic (exact) mass is 558 g/mol. The van der Waals surface area contributed by atoms with Gasteiger partial charge in [-0.15, -0.1) is 0 Å². The van der Waals surface area contributed by atoms with Gasteiger partial charge < -0.3 is 4.74 Å². The van der Waals surface area contributed by atoms with Crippen molar-refractivity contribution in [3.8, 4) is 0 Å². The highest BCUT2D eigenvalue weighted by molar-refractivity contribution is 7.89. The number of piperidine rings is 1. The van der Waals surface area contributed by atoms with Crippen LogP contribution in [0.15, 0.2) is 58.3 Å². The minimum absolute atomic E-state index is 0.00548. The van der Waals surface area contributed by atoms with Gasteiger partial charge in [0.05, 0.1) is 27.5 Å². The molecule has 0 aliphatic carbocycles. The van der Waals surface area contributed by atoms with Crippen molar-refractivity contribution in [2.24, 2.45) is 0 Å². The van der Waals surface area contributed by atoms with Gasteiger partial charge >= 0.3 is 12.4 Å². The summed E-state index contributed by atoms with van der Waals surface area (Å²) >= 11 is 0. The van der Waals surface area contributed by atoms with E-state index in [1.807, 2.05) is 0 Å². The number of sulfonamides is 2. The lowest BCUT2D eigenvalue weighted by Crippen LogP contribution is -2.55. The third-order valence-electron chi connectivity index (χ3n) is 6.21. The van der Waals surface area contributed by atoms with Gasteiger partial charge in [0.25, 0.3) is 0 Å². The van der Waals surface area contributed by atoms with E-state index in [1.165, 1.54) is 0 Å². The molecule has 4 rings (SSSR count). The molecule has 0 N–H and O–H groups in total. The Balaban J connectivity index is 1.52. The number of nitrogens with zero attached hydrogens (tertiary/aromatic N) is 2. The SMILES string of the molecule is O=S(=O)(c1ccc(C(F)(F)F)cc1)N1CCC2(CC1)OCCN2S(=O)(=O)c1ccc(C(F)(F)F)cc1. The molecule has 0 unspecified atom stereocenters. The number of halogens is 6. The Labute approximate surface area is 203 Å². The summed E-state index contributed by atoms with van der Waals surface area (Å²) in [7, 11) is -8.42. The molecule has 1 spiro atoms. The van der Waals surface area contributed by atoms with Gasteiger partial charge in [-0.25, -0.2) is 16.8 Å². The van der Waals surface area contributed by atoms with Gasteiger partial charge in [0.2, 0.25) is 20.0 Å². The van der Waals surface area contributed by atoms with E-state index in [-0.39, 0.29) is 48.9 Å². The van der Waals surface area contributed by atoms with Crippen molar-refractivity contribution in [2.75, 3.05) is 26.2 Å². The maximum Gasteiger partial charge on any atom is 0.416 e.